The minimum absolute atomic E-state index is 0.0110. The van der Waals surface area contributed by atoms with E-state index in [1.54, 1.807) is 27.7 Å². The maximum Gasteiger partial charge on any atom is 0.408 e. The van der Waals surface area contributed by atoms with E-state index < -0.39 is 36.0 Å². The summed E-state index contributed by atoms with van der Waals surface area (Å²) >= 11 is 0. The largest absolute Gasteiger partial charge is 0.490 e. The summed E-state index contributed by atoms with van der Waals surface area (Å²) in [6.07, 6.45) is -0.763. The van der Waals surface area contributed by atoms with Crippen molar-refractivity contribution in [2.24, 2.45) is 0 Å². The van der Waals surface area contributed by atoms with Gasteiger partial charge in [0.2, 0.25) is 5.89 Å². The zero-order valence-electron chi connectivity index (χ0n) is 17.7. The van der Waals surface area contributed by atoms with Crippen LogP contribution in [0.4, 0.5) is 13.6 Å². The molecule has 9 nitrogen and oxygen atoms in total. The van der Waals surface area contributed by atoms with Gasteiger partial charge in [0.05, 0.1) is 12.6 Å². The molecule has 0 bridgehead atoms. The van der Waals surface area contributed by atoms with E-state index in [9.17, 15) is 23.5 Å². The number of halogens is 2. The number of alkyl halides is 2. The Bertz CT molecular complexity index is 938. The normalized spacial score (nSPS) is 12.4. The second-order valence-electron chi connectivity index (χ2n) is 7.38. The summed E-state index contributed by atoms with van der Waals surface area (Å²) in [6, 6.07) is 3.07. The molecule has 1 aromatic carbocycles. The number of carbonyl (C=O) groups is 2. The molecule has 0 aliphatic rings. The van der Waals surface area contributed by atoms with Crippen molar-refractivity contribution in [3.8, 4) is 23.0 Å². The summed E-state index contributed by atoms with van der Waals surface area (Å²) < 4.78 is 45.7. The van der Waals surface area contributed by atoms with Crippen molar-refractivity contribution in [2.45, 2.75) is 52.9 Å². The van der Waals surface area contributed by atoms with Crippen molar-refractivity contribution in [3.63, 3.8) is 0 Å². The van der Waals surface area contributed by atoms with Crippen LogP contribution in [0.2, 0.25) is 0 Å². The van der Waals surface area contributed by atoms with Crippen LogP contribution in [0.25, 0.3) is 11.5 Å². The lowest BCUT2D eigenvalue weighted by atomic mass is 10.2. The lowest BCUT2D eigenvalue weighted by molar-refractivity contribution is -0.0514. The Morgan fingerprint density at radius 3 is 2.48 bits per heavy atom. The van der Waals surface area contributed by atoms with Crippen molar-refractivity contribution in [1.29, 1.82) is 0 Å². The zero-order valence-corrected chi connectivity index (χ0v) is 17.7. The molecule has 0 fully saturated rings. The molecule has 2 aromatic rings. The second kappa shape index (κ2) is 9.63. The van der Waals surface area contributed by atoms with E-state index in [-0.39, 0.29) is 35.3 Å². The van der Waals surface area contributed by atoms with Crippen LogP contribution in [0.15, 0.2) is 22.6 Å². The van der Waals surface area contributed by atoms with Gasteiger partial charge in [0.25, 0.3) is 0 Å². The van der Waals surface area contributed by atoms with Crippen molar-refractivity contribution in [3.05, 3.63) is 29.7 Å². The predicted octanol–water partition coefficient (Wildman–Crippen LogP) is 4.63. The molecular weight excluding hydrogens is 418 g/mol. The number of ether oxygens (including phenoxy) is 3. The van der Waals surface area contributed by atoms with Crippen LogP contribution in [-0.4, -0.2) is 41.0 Å². The van der Waals surface area contributed by atoms with Crippen LogP contribution in [-0.2, 0) is 4.74 Å². The summed E-state index contributed by atoms with van der Waals surface area (Å²) in [5.74, 6) is -1.76. The quantitative estimate of drug-likeness (QED) is 0.607. The number of amides is 1. The number of alkyl carbamates (subject to hydrolysis) is 1. The van der Waals surface area contributed by atoms with Gasteiger partial charge in [-0.1, -0.05) is 0 Å². The SMILES string of the molecule is CCOc1cc(-c2nc(C(=O)O)c(C(C)NC(=O)OC(C)(C)C)o2)ccc1OC(F)F. The van der Waals surface area contributed by atoms with Crippen LogP contribution in [0, 0.1) is 0 Å². The molecule has 2 rings (SSSR count). The molecule has 1 heterocycles. The molecule has 1 unspecified atom stereocenters. The van der Waals surface area contributed by atoms with Crippen molar-refractivity contribution in [1.82, 2.24) is 10.3 Å². The van der Waals surface area contributed by atoms with Crippen LogP contribution < -0.4 is 14.8 Å². The molecule has 1 atom stereocenters. The number of hydrogen-bond donors (Lipinski definition) is 2. The number of carboxylic acids is 1. The first kappa shape index (κ1) is 23.9. The topological polar surface area (TPSA) is 120 Å². The molecule has 11 heteroatoms. The summed E-state index contributed by atoms with van der Waals surface area (Å²) in [7, 11) is 0. The molecule has 2 N–H and O–H groups in total. The average Bonchev–Trinajstić information content (AvgIpc) is 3.07. The Hall–Kier alpha value is -3.37. The van der Waals surface area contributed by atoms with E-state index in [4.69, 9.17) is 13.9 Å². The first-order valence-corrected chi connectivity index (χ1v) is 9.36. The number of aromatic nitrogens is 1. The molecule has 0 aliphatic heterocycles. The standard InChI is InChI=1S/C20H24F2N2O7/c1-6-28-13-9-11(7-8-12(13)29-18(21)22)16-24-14(17(25)26)15(30-16)10(2)23-19(27)31-20(3,4)5/h7-10,18H,6H2,1-5H3,(H,23,27)(H,25,26). The molecule has 1 amide bonds. The van der Waals surface area contributed by atoms with Crippen LogP contribution >= 0.6 is 0 Å². The van der Waals surface area contributed by atoms with E-state index >= 15 is 0 Å². The molecule has 0 radical (unpaired) electrons. The fraction of sp³-hybridized carbons (Fsp3) is 0.450. The molecule has 0 saturated heterocycles. The maximum atomic E-state index is 12.6. The fourth-order valence-corrected chi connectivity index (χ4v) is 2.55. The number of carbonyl (C=O) groups excluding carboxylic acids is 1. The molecule has 0 spiro atoms. The highest BCUT2D eigenvalue weighted by Crippen LogP contribution is 2.35. The van der Waals surface area contributed by atoms with Gasteiger partial charge < -0.3 is 29.1 Å². The number of aromatic carboxylic acids is 1. The monoisotopic (exact) mass is 442 g/mol. The summed E-state index contributed by atoms with van der Waals surface area (Å²) in [6.45, 7) is 5.35. The van der Waals surface area contributed by atoms with Crippen LogP contribution in [0.3, 0.4) is 0 Å². The number of nitrogens with one attached hydrogen (secondary N) is 1. The zero-order chi connectivity index (χ0) is 23.3. The molecule has 170 valence electrons. The van der Waals surface area contributed by atoms with Gasteiger partial charge >= 0.3 is 18.7 Å². The molecule has 0 aliphatic carbocycles. The van der Waals surface area contributed by atoms with Gasteiger partial charge in [-0.2, -0.15) is 8.78 Å². The van der Waals surface area contributed by atoms with Gasteiger partial charge in [-0.25, -0.2) is 14.6 Å². The number of carboxylic acid groups (broad SMARTS) is 1. The van der Waals surface area contributed by atoms with Crippen LogP contribution in [0.5, 0.6) is 11.5 Å². The summed E-state index contributed by atoms with van der Waals surface area (Å²) in [5.41, 5.74) is -0.892. The molecule has 31 heavy (non-hydrogen) atoms. The van der Waals surface area contributed by atoms with Gasteiger partial charge in [0.1, 0.15) is 5.60 Å². The molecular formula is C20H24F2N2O7. The van der Waals surface area contributed by atoms with E-state index in [1.165, 1.54) is 25.1 Å². The third kappa shape index (κ3) is 6.56. The van der Waals surface area contributed by atoms with Gasteiger partial charge in [-0.05, 0) is 52.8 Å². The molecule has 0 saturated carbocycles. The minimum Gasteiger partial charge on any atom is -0.490 e. The van der Waals surface area contributed by atoms with E-state index in [0.29, 0.717) is 0 Å². The average molecular weight is 442 g/mol. The number of rotatable bonds is 8. The fourth-order valence-electron chi connectivity index (χ4n) is 2.55. The number of oxazole rings is 1. The van der Waals surface area contributed by atoms with Gasteiger partial charge in [0.15, 0.2) is 23.0 Å². The second-order valence-corrected chi connectivity index (χ2v) is 7.38. The maximum absolute atomic E-state index is 12.6. The number of benzene rings is 1. The highest BCUT2D eigenvalue weighted by atomic mass is 19.3. The third-order valence-electron chi connectivity index (χ3n) is 3.69. The van der Waals surface area contributed by atoms with E-state index in [2.05, 4.69) is 15.0 Å². The Morgan fingerprint density at radius 1 is 1.26 bits per heavy atom. The van der Waals surface area contributed by atoms with Gasteiger partial charge in [0, 0.05) is 5.56 Å². The Labute approximate surface area is 177 Å². The minimum atomic E-state index is -3.04. The van der Waals surface area contributed by atoms with Crippen molar-refractivity contribution >= 4 is 12.1 Å². The first-order chi connectivity index (χ1) is 14.4. The number of nitrogens with zero attached hydrogens (tertiary/aromatic N) is 1. The van der Waals surface area contributed by atoms with Crippen molar-refractivity contribution in [2.75, 3.05) is 6.61 Å². The molecule has 1 aromatic heterocycles. The van der Waals surface area contributed by atoms with E-state index in [0.717, 1.165) is 0 Å². The Morgan fingerprint density at radius 2 is 1.94 bits per heavy atom. The highest BCUT2D eigenvalue weighted by molar-refractivity contribution is 5.87. The van der Waals surface area contributed by atoms with Crippen LogP contribution in [0.1, 0.15) is 56.9 Å². The Balaban J connectivity index is 2.38. The van der Waals surface area contributed by atoms with Gasteiger partial charge in [-0.3, -0.25) is 0 Å². The third-order valence-corrected chi connectivity index (χ3v) is 3.69. The predicted molar refractivity (Wildman–Crippen MR) is 104 cm³/mol. The van der Waals surface area contributed by atoms with E-state index in [1.807, 2.05) is 0 Å². The highest BCUT2D eigenvalue weighted by Gasteiger charge is 2.27. The Kier molecular flexibility index (Phi) is 7.42. The van der Waals surface area contributed by atoms with Gasteiger partial charge in [-0.15, -0.1) is 0 Å². The lowest BCUT2D eigenvalue weighted by Crippen LogP contribution is -2.34. The first-order valence-electron chi connectivity index (χ1n) is 9.36. The van der Waals surface area contributed by atoms with Crippen molar-refractivity contribution < 1.29 is 42.1 Å². The smallest absolute Gasteiger partial charge is 0.408 e. The number of hydrogen-bond acceptors (Lipinski definition) is 7. The lowest BCUT2D eigenvalue weighted by Gasteiger charge is -2.21. The summed E-state index contributed by atoms with van der Waals surface area (Å²) in [4.78, 5) is 27.6. The summed E-state index contributed by atoms with van der Waals surface area (Å²) in [5, 5.41) is 12.0.